The van der Waals surface area contributed by atoms with E-state index in [9.17, 15) is 4.79 Å². The van der Waals surface area contributed by atoms with E-state index in [1.165, 1.54) is 0 Å². The number of amides is 1. The Labute approximate surface area is 168 Å². The number of aromatic amines is 1. The van der Waals surface area contributed by atoms with E-state index < -0.39 is 5.60 Å². The van der Waals surface area contributed by atoms with Gasteiger partial charge in [0, 0.05) is 23.7 Å². The normalized spacial score (nSPS) is 17.3. The molecule has 1 unspecified atom stereocenters. The molecule has 1 saturated heterocycles. The molecule has 1 atom stereocenters. The average Bonchev–Trinajstić information content (AvgIpc) is 3.29. The zero-order valence-corrected chi connectivity index (χ0v) is 17.0. The minimum absolute atomic E-state index is 0.0930. The first-order valence-corrected chi connectivity index (χ1v) is 9.79. The molecule has 0 spiro atoms. The molecule has 0 radical (unpaired) electrons. The Bertz CT molecular complexity index is 1020. The highest BCUT2D eigenvalue weighted by Gasteiger charge is 2.34. The Hall–Kier alpha value is -2.60. The lowest BCUT2D eigenvalue weighted by Gasteiger charge is -2.27. The van der Waals surface area contributed by atoms with Gasteiger partial charge in [-0.3, -0.25) is 4.90 Å². The van der Waals surface area contributed by atoms with Gasteiger partial charge in [-0.05, 0) is 57.9 Å². The maximum absolute atomic E-state index is 12.5. The van der Waals surface area contributed by atoms with Gasteiger partial charge in [-0.15, -0.1) is 0 Å². The smallest absolute Gasteiger partial charge is 0.410 e. The lowest BCUT2D eigenvalue weighted by atomic mass is 10.1. The number of hydrogen-bond donors (Lipinski definition) is 1. The van der Waals surface area contributed by atoms with Crippen molar-refractivity contribution in [3.05, 3.63) is 47.5 Å². The Balaban J connectivity index is 1.58. The SMILES string of the molecule is CC(C)(C)OC(=O)N1CCCC1c1nc(-c2ccc3nc(Cl)ccc3c2)c[nH]1. The van der Waals surface area contributed by atoms with Gasteiger partial charge in [0.1, 0.15) is 16.6 Å². The van der Waals surface area contributed by atoms with Gasteiger partial charge in [-0.1, -0.05) is 17.7 Å². The number of fused-ring (bicyclic) bond motifs is 1. The Morgan fingerprint density at radius 2 is 2.07 bits per heavy atom. The van der Waals surface area contributed by atoms with E-state index in [0.29, 0.717) is 11.7 Å². The van der Waals surface area contributed by atoms with Gasteiger partial charge >= 0.3 is 6.09 Å². The fraction of sp³-hybridized carbons (Fsp3) is 0.381. The number of benzene rings is 1. The zero-order valence-electron chi connectivity index (χ0n) is 16.2. The van der Waals surface area contributed by atoms with E-state index in [1.807, 2.05) is 51.2 Å². The van der Waals surface area contributed by atoms with E-state index in [1.54, 1.807) is 11.0 Å². The summed E-state index contributed by atoms with van der Waals surface area (Å²) in [5.41, 5.74) is 2.16. The van der Waals surface area contributed by atoms with E-state index in [2.05, 4.69) is 9.97 Å². The summed E-state index contributed by atoms with van der Waals surface area (Å²) in [5, 5.41) is 1.48. The average molecular weight is 399 g/mol. The van der Waals surface area contributed by atoms with Crippen LogP contribution in [0.1, 0.15) is 45.5 Å². The number of pyridine rings is 1. The van der Waals surface area contributed by atoms with E-state index in [0.717, 1.165) is 40.8 Å². The first-order chi connectivity index (χ1) is 13.3. The van der Waals surface area contributed by atoms with Crippen LogP contribution in [0.5, 0.6) is 0 Å². The Morgan fingerprint density at radius 1 is 1.25 bits per heavy atom. The quantitative estimate of drug-likeness (QED) is 0.590. The molecule has 1 N–H and O–H groups in total. The molecule has 1 amide bonds. The van der Waals surface area contributed by atoms with Crippen molar-refractivity contribution in [2.24, 2.45) is 0 Å². The summed E-state index contributed by atoms with van der Waals surface area (Å²) >= 11 is 5.96. The van der Waals surface area contributed by atoms with Crippen molar-refractivity contribution in [1.29, 1.82) is 0 Å². The maximum Gasteiger partial charge on any atom is 0.410 e. The van der Waals surface area contributed by atoms with Crippen LogP contribution in [0, 0.1) is 0 Å². The number of halogens is 1. The summed E-state index contributed by atoms with van der Waals surface area (Å²) in [4.78, 5) is 26.6. The molecule has 0 aliphatic carbocycles. The number of aromatic nitrogens is 3. The number of nitrogens with one attached hydrogen (secondary N) is 1. The molecule has 1 aliphatic rings. The molecule has 1 fully saturated rings. The van der Waals surface area contributed by atoms with Crippen molar-refractivity contribution in [2.75, 3.05) is 6.54 Å². The highest BCUT2D eigenvalue weighted by Crippen LogP contribution is 2.33. The van der Waals surface area contributed by atoms with E-state index in [4.69, 9.17) is 21.3 Å². The minimum atomic E-state index is -0.513. The van der Waals surface area contributed by atoms with E-state index in [-0.39, 0.29) is 12.1 Å². The van der Waals surface area contributed by atoms with Crippen molar-refractivity contribution < 1.29 is 9.53 Å². The van der Waals surface area contributed by atoms with Gasteiger partial charge < -0.3 is 9.72 Å². The van der Waals surface area contributed by atoms with Gasteiger partial charge in [0.15, 0.2) is 0 Å². The third-order valence-corrected chi connectivity index (χ3v) is 4.96. The van der Waals surface area contributed by atoms with Crippen molar-refractivity contribution in [3.8, 4) is 11.3 Å². The van der Waals surface area contributed by atoms with E-state index >= 15 is 0 Å². The molecule has 146 valence electrons. The summed E-state index contributed by atoms with van der Waals surface area (Å²) in [7, 11) is 0. The van der Waals surface area contributed by atoms with Crippen LogP contribution < -0.4 is 0 Å². The molecule has 4 rings (SSSR count). The van der Waals surface area contributed by atoms with Crippen LogP contribution in [0.15, 0.2) is 36.5 Å². The molecule has 28 heavy (non-hydrogen) atoms. The van der Waals surface area contributed by atoms with Crippen LogP contribution in [0.4, 0.5) is 4.79 Å². The molecule has 2 aromatic heterocycles. The summed E-state index contributed by atoms with van der Waals surface area (Å²) in [6.07, 6.45) is 3.39. The number of rotatable bonds is 2. The second-order valence-corrected chi connectivity index (χ2v) is 8.43. The van der Waals surface area contributed by atoms with Crippen LogP contribution >= 0.6 is 11.6 Å². The van der Waals surface area contributed by atoms with Crippen molar-refractivity contribution in [1.82, 2.24) is 19.9 Å². The van der Waals surface area contributed by atoms with Gasteiger partial charge in [0.2, 0.25) is 0 Å². The molecule has 1 aliphatic heterocycles. The fourth-order valence-corrected chi connectivity index (χ4v) is 3.66. The Morgan fingerprint density at radius 3 is 2.86 bits per heavy atom. The van der Waals surface area contributed by atoms with Gasteiger partial charge in [0.25, 0.3) is 0 Å². The van der Waals surface area contributed by atoms with Crippen molar-refractivity contribution >= 4 is 28.6 Å². The monoisotopic (exact) mass is 398 g/mol. The lowest BCUT2D eigenvalue weighted by Crippen LogP contribution is -2.36. The molecule has 7 heteroatoms. The number of carbonyl (C=O) groups excluding carboxylic acids is 1. The highest BCUT2D eigenvalue weighted by molar-refractivity contribution is 6.29. The number of likely N-dealkylation sites (tertiary alicyclic amines) is 1. The molecular formula is C21H23ClN4O2. The van der Waals surface area contributed by atoms with Gasteiger partial charge in [0.05, 0.1) is 17.3 Å². The number of nitrogens with zero attached hydrogens (tertiary/aromatic N) is 3. The van der Waals surface area contributed by atoms with Gasteiger partial charge in [-0.2, -0.15) is 0 Å². The minimum Gasteiger partial charge on any atom is -0.444 e. The fourth-order valence-electron chi connectivity index (χ4n) is 3.51. The topological polar surface area (TPSA) is 71.1 Å². The van der Waals surface area contributed by atoms with Crippen LogP contribution in [0.2, 0.25) is 5.15 Å². The summed E-state index contributed by atoms with van der Waals surface area (Å²) in [6, 6.07) is 9.59. The Kier molecular flexibility index (Phi) is 4.75. The molecule has 6 nitrogen and oxygen atoms in total. The lowest BCUT2D eigenvalue weighted by molar-refractivity contribution is 0.0219. The molecule has 3 heterocycles. The van der Waals surface area contributed by atoms with Crippen LogP contribution in [0.3, 0.4) is 0 Å². The molecule has 0 saturated carbocycles. The molecule has 0 bridgehead atoms. The zero-order chi connectivity index (χ0) is 19.9. The predicted octanol–water partition coefficient (Wildman–Crippen LogP) is 5.35. The maximum atomic E-state index is 12.5. The van der Waals surface area contributed by atoms with Gasteiger partial charge in [-0.25, -0.2) is 14.8 Å². The summed E-state index contributed by atoms with van der Waals surface area (Å²) in [5.74, 6) is 0.785. The number of imidazole rings is 1. The van der Waals surface area contributed by atoms with Crippen LogP contribution in [0.25, 0.3) is 22.2 Å². The second kappa shape index (κ2) is 7.09. The number of ether oxygens (including phenoxy) is 1. The number of H-pyrrole nitrogens is 1. The molecular weight excluding hydrogens is 376 g/mol. The summed E-state index contributed by atoms with van der Waals surface area (Å²) in [6.45, 7) is 6.31. The van der Waals surface area contributed by atoms with Crippen LogP contribution in [-0.4, -0.2) is 38.1 Å². The first-order valence-electron chi connectivity index (χ1n) is 9.42. The van der Waals surface area contributed by atoms with Crippen molar-refractivity contribution in [2.45, 2.75) is 45.3 Å². The summed E-state index contributed by atoms with van der Waals surface area (Å²) < 4.78 is 5.55. The number of hydrogen-bond acceptors (Lipinski definition) is 4. The first kappa shape index (κ1) is 18.7. The number of carbonyl (C=O) groups is 1. The third kappa shape index (κ3) is 3.83. The standard InChI is InChI=1S/C21H23ClN4O2/c1-21(2,3)28-20(27)26-10-4-5-17(26)19-23-12-16(25-19)14-6-8-15-13(11-14)7-9-18(22)24-15/h6-9,11-12,17H,4-5,10H2,1-3H3,(H,23,25). The largest absolute Gasteiger partial charge is 0.444 e. The van der Waals surface area contributed by atoms with Crippen molar-refractivity contribution in [3.63, 3.8) is 0 Å². The third-order valence-electron chi connectivity index (χ3n) is 4.75. The second-order valence-electron chi connectivity index (χ2n) is 8.04. The molecule has 1 aromatic carbocycles. The van der Waals surface area contributed by atoms with Crippen LogP contribution in [-0.2, 0) is 4.74 Å². The highest BCUT2D eigenvalue weighted by atomic mass is 35.5. The molecule has 3 aromatic rings. The predicted molar refractivity (Wildman–Crippen MR) is 109 cm³/mol.